The molecule has 7 nitrogen and oxygen atoms in total. The maximum atomic E-state index is 15.0. The van der Waals surface area contributed by atoms with E-state index in [1.165, 1.54) is 35.2 Å². The van der Waals surface area contributed by atoms with Crippen molar-refractivity contribution in [3.63, 3.8) is 0 Å². The number of halogens is 1. The third-order valence-corrected chi connectivity index (χ3v) is 7.99. The Kier molecular flexibility index (Phi) is 9.50. The lowest BCUT2D eigenvalue weighted by atomic mass is 10.0. The predicted octanol–water partition coefficient (Wildman–Crippen LogP) is 5.05. The minimum atomic E-state index is -4.32. The number of benzene rings is 3. The quantitative estimate of drug-likeness (QED) is 0.381. The lowest BCUT2D eigenvalue weighted by Gasteiger charge is -2.35. The largest absolute Gasteiger partial charge is 0.350 e. The van der Waals surface area contributed by atoms with E-state index in [0.717, 1.165) is 21.5 Å². The van der Waals surface area contributed by atoms with Gasteiger partial charge in [-0.2, -0.15) is 0 Å². The van der Waals surface area contributed by atoms with Crippen molar-refractivity contribution in [2.75, 3.05) is 10.8 Å². The molecule has 0 saturated carbocycles. The number of nitrogens with one attached hydrogen (secondary N) is 1. The SMILES string of the molecule is CCC(C(=O)NC(C)(C)C)N(Cc1ccccc1C)C(=O)CN(c1ccccc1F)S(=O)(=O)c1ccccc1. The summed E-state index contributed by atoms with van der Waals surface area (Å²) in [6, 6.07) is 19.6. The Morgan fingerprint density at radius 3 is 2.10 bits per heavy atom. The monoisotopic (exact) mass is 553 g/mol. The molecule has 1 N–H and O–H groups in total. The maximum Gasteiger partial charge on any atom is 0.264 e. The van der Waals surface area contributed by atoms with Crippen molar-refractivity contribution in [3.05, 3.63) is 95.8 Å². The van der Waals surface area contributed by atoms with Crippen molar-refractivity contribution in [2.24, 2.45) is 0 Å². The van der Waals surface area contributed by atoms with E-state index in [9.17, 15) is 22.4 Å². The number of para-hydroxylation sites is 1. The number of aryl methyl sites for hydroxylation is 1. The second kappa shape index (κ2) is 12.4. The molecule has 9 heteroatoms. The van der Waals surface area contributed by atoms with Crippen LogP contribution in [0, 0.1) is 12.7 Å². The molecule has 0 heterocycles. The lowest BCUT2D eigenvalue weighted by Crippen LogP contribution is -2.55. The number of hydrogen-bond donors (Lipinski definition) is 1. The topological polar surface area (TPSA) is 86.8 Å². The molecule has 0 saturated heterocycles. The molecule has 0 aliphatic rings. The highest BCUT2D eigenvalue weighted by Gasteiger charge is 2.35. The average molecular weight is 554 g/mol. The highest BCUT2D eigenvalue weighted by atomic mass is 32.2. The molecule has 1 atom stereocenters. The van der Waals surface area contributed by atoms with Gasteiger partial charge in [0, 0.05) is 12.1 Å². The zero-order valence-electron chi connectivity index (χ0n) is 23.0. The van der Waals surface area contributed by atoms with Gasteiger partial charge in [0.2, 0.25) is 11.8 Å². The molecule has 208 valence electrons. The molecule has 0 spiro atoms. The molecule has 39 heavy (non-hydrogen) atoms. The van der Waals surface area contributed by atoms with Crippen LogP contribution in [0.2, 0.25) is 0 Å². The number of rotatable bonds is 10. The Bertz CT molecular complexity index is 1400. The van der Waals surface area contributed by atoms with Gasteiger partial charge in [-0.3, -0.25) is 13.9 Å². The van der Waals surface area contributed by atoms with Crippen LogP contribution >= 0.6 is 0 Å². The Labute approximate surface area is 230 Å². The fraction of sp³-hybridized carbons (Fsp3) is 0.333. The summed E-state index contributed by atoms with van der Waals surface area (Å²) in [5.74, 6) is -1.76. The van der Waals surface area contributed by atoms with E-state index in [2.05, 4.69) is 5.32 Å². The Balaban J connectivity index is 2.09. The number of carbonyl (C=O) groups excluding carboxylic acids is 2. The summed E-state index contributed by atoms with van der Waals surface area (Å²) >= 11 is 0. The summed E-state index contributed by atoms with van der Waals surface area (Å²) in [6.07, 6.45) is 0.296. The minimum Gasteiger partial charge on any atom is -0.350 e. The summed E-state index contributed by atoms with van der Waals surface area (Å²) in [6.45, 7) is 8.62. The van der Waals surface area contributed by atoms with Crippen LogP contribution in [0.15, 0.2) is 83.8 Å². The van der Waals surface area contributed by atoms with Gasteiger partial charge in [0.25, 0.3) is 10.0 Å². The Morgan fingerprint density at radius 2 is 1.51 bits per heavy atom. The first-order valence-corrected chi connectivity index (χ1v) is 14.3. The molecule has 0 aliphatic carbocycles. The van der Waals surface area contributed by atoms with Crippen LogP contribution in [0.1, 0.15) is 45.2 Å². The molecule has 0 aromatic heterocycles. The van der Waals surface area contributed by atoms with Gasteiger partial charge in [-0.05, 0) is 69.5 Å². The van der Waals surface area contributed by atoms with E-state index in [4.69, 9.17) is 0 Å². The first-order valence-electron chi connectivity index (χ1n) is 12.8. The summed E-state index contributed by atoms with van der Waals surface area (Å²) in [4.78, 5) is 28.7. The second-order valence-electron chi connectivity index (χ2n) is 10.4. The molecular formula is C30H36FN3O4S. The van der Waals surface area contributed by atoms with E-state index in [1.807, 2.05) is 52.0 Å². The smallest absolute Gasteiger partial charge is 0.264 e. The number of sulfonamides is 1. The summed E-state index contributed by atoms with van der Waals surface area (Å²) < 4.78 is 43.2. The molecule has 1 unspecified atom stereocenters. The van der Waals surface area contributed by atoms with Gasteiger partial charge >= 0.3 is 0 Å². The average Bonchev–Trinajstić information content (AvgIpc) is 2.88. The van der Waals surface area contributed by atoms with E-state index in [-0.39, 0.29) is 23.0 Å². The van der Waals surface area contributed by atoms with E-state index < -0.39 is 39.9 Å². The van der Waals surface area contributed by atoms with Crippen molar-refractivity contribution in [3.8, 4) is 0 Å². The molecule has 3 rings (SSSR count). The Hall–Kier alpha value is -3.72. The van der Waals surface area contributed by atoms with Gasteiger partial charge in [-0.25, -0.2) is 12.8 Å². The first-order chi connectivity index (χ1) is 18.3. The van der Waals surface area contributed by atoms with Crippen molar-refractivity contribution in [1.82, 2.24) is 10.2 Å². The summed E-state index contributed by atoms with van der Waals surface area (Å²) in [5.41, 5.74) is 0.941. The minimum absolute atomic E-state index is 0.0796. The lowest BCUT2D eigenvalue weighted by molar-refractivity contribution is -0.141. The van der Waals surface area contributed by atoms with Gasteiger partial charge in [0.15, 0.2) is 0 Å². The van der Waals surface area contributed by atoms with Crippen molar-refractivity contribution >= 4 is 27.5 Å². The standard InChI is InChI=1S/C30H36FN3O4S/c1-6-26(29(36)32-30(3,4)5)33(20-23-15-11-10-14-22(23)2)28(35)21-34(27-19-13-12-18-25(27)31)39(37,38)24-16-8-7-9-17-24/h7-19,26H,6,20-21H2,1-5H3,(H,32,36). The van der Waals surface area contributed by atoms with Crippen LogP contribution in [-0.2, 0) is 26.2 Å². The number of nitrogens with zero attached hydrogens (tertiary/aromatic N) is 2. The highest BCUT2D eigenvalue weighted by molar-refractivity contribution is 7.92. The number of carbonyl (C=O) groups is 2. The summed E-state index contributed by atoms with van der Waals surface area (Å²) in [5, 5.41) is 2.93. The van der Waals surface area contributed by atoms with Crippen LogP contribution in [0.25, 0.3) is 0 Å². The maximum absolute atomic E-state index is 15.0. The van der Waals surface area contributed by atoms with Crippen molar-refractivity contribution < 1.29 is 22.4 Å². The first kappa shape index (κ1) is 29.8. The fourth-order valence-electron chi connectivity index (χ4n) is 4.23. The molecular weight excluding hydrogens is 517 g/mol. The molecule has 2 amide bonds. The van der Waals surface area contributed by atoms with Crippen LogP contribution in [-0.4, -0.2) is 43.3 Å². The van der Waals surface area contributed by atoms with Gasteiger partial charge in [0.1, 0.15) is 18.4 Å². The van der Waals surface area contributed by atoms with E-state index in [0.29, 0.717) is 6.42 Å². The van der Waals surface area contributed by atoms with Gasteiger partial charge < -0.3 is 10.2 Å². The fourth-order valence-corrected chi connectivity index (χ4v) is 5.67. The Morgan fingerprint density at radius 1 is 0.923 bits per heavy atom. The van der Waals surface area contributed by atoms with Crippen LogP contribution in [0.5, 0.6) is 0 Å². The van der Waals surface area contributed by atoms with Crippen LogP contribution in [0.3, 0.4) is 0 Å². The summed E-state index contributed by atoms with van der Waals surface area (Å²) in [7, 11) is -4.32. The molecule has 0 aliphatic heterocycles. The second-order valence-corrected chi connectivity index (χ2v) is 12.2. The predicted molar refractivity (Wildman–Crippen MR) is 151 cm³/mol. The number of hydrogen-bond acceptors (Lipinski definition) is 4. The number of anilines is 1. The zero-order chi connectivity index (χ0) is 28.8. The third kappa shape index (κ3) is 7.44. The van der Waals surface area contributed by atoms with Crippen molar-refractivity contribution in [1.29, 1.82) is 0 Å². The van der Waals surface area contributed by atoms with Crippen LogP contribution < -0.4 is 9.62 Å². The molecule has 3 aromatic carbocycles. The van der Waals surface area contributed by atoms with E-state index >= 15 is 0 Å². The van der Waals surface area contributed by atoms with Gasteiger partial charge in [-0.15, -0.1) is 0 Å². The third-order valence-electron chi connectivity index (χ3n) is 6.22. The van der Waals surface area contributed by atoms with E-state index in [1.54, 1.807) is 25.1 Å². The van der Waals surface area contributed by atoms with Crippen molar-refractivity contribution in [2.45, 2.75) is 64.1 Å². The van der Waals surface area contributed by atoms with Crippen LogP contribution in [0.4, 0.5) is 10.1 Å². The zero-order valence-corrected chi connectivity index (χ0v) is 23.8. The normalized spacial score (nSPS) is 12.5. The van der Waals surface area contributed by atoms with Gasteiger partial charge in [0.05, 0.1) is 10.6 Å². The van der Waals surface area contributed by atoms with Gasteiger partial charge in [-0.1, -0.05) is 61.5 Å². The number of amides is 2. The molecule has 0 bridgehead atoms. The molecule has 0 fully saturated rings. The highest BCUT2D eigenvalue weighted by Crippen LogP contribution is 2.27. The molecule has 0 radical (unpaired) electrons. The molecule has 3 aromatic rings.